The predicted octanol–water partition coefficient (Wildman–Crippen LogP) is 2.53. The summed E-state index contributed by atoms with van der Waals surface area (Å²) < 4.78 is 0. The predicted molar refractivity (Wildman–Crippen MR) is 83.6 cm³/mol. The first-order valence-electron chi connectivity index (χ1n) is 6.20. The van der Waals surface area contributed by atoms with Gasteiger partial charge in [-0.1, -0.05) is 17.7 Å². The zero-order valence-electron chi connectivity index (χ0n) is 11.3. The third kappa shape index (κ3) is 3.52. The van der Waals surface area contributed by atoms with Crippen molar-refractivity contribution in [2.45, 2.75) is 0 Å². The second-order valence-electron chi connectivity index (χ2n) is 4.35. The van der Waals surface area contributed by atoms with Crippen LogP contribution in [0.5, 0.6) is 0 Å². The van der Waals surface area contributed by atoms with Crippen LogP contribution in [0.2, 0.25) is 5.02 Å². The highest BCUT2D eigenvalue weighted by Gasteiger charge is 2.11. The van der Waals surface area contributed by atoms with E-state index in [0.717, 1.165) is 0 Å². The summed E-state index contributed by atoms with van der Waals surface area (Å²) in [5.74, 6) is -0.592. The maximum Gasteiger partial charge on any atom is 0.257 e. The van der Waals surface area contributed by atoms with E-state index in [2.05, 4.69) is 10.6 Å². The molecule has 0 heterocycles. The number of benzene rings is 2. The van der Waals surface area contributed by atoms with Gasteiger partial charge in [0.2, 0.25) is 0 Å². The van der Waals surface area contributed by atoms with Crippen molar-refractivity contribution in [2.75, 3.05) is 18.1 Å². The van der Waals surface area contributed by atoms with Gasteiger partial charge in [0.15, 0.2) is 0 Å². The molecule has 0 atom stereocenters. The van der Waals surface area contributed by atoms with Gasteiger partial charge in [0.25, 0.3) is 11.8 Å². The lowest BCUT2D eigenvalue weighted by atomic mass is 10.1. The Kier molecular flexibility index (Phi) is 4.45. The highest BCUT2D eigenvalue weighted by Crippen LogP contribution is 2.21. The van der Waals surface area contributed by atoms with Gasteiger partial charge >= 0.3 is 0 Å². The van der Waals surface area contributed by atoms with Crippen LogP contribution in [0.1, 0.15) is 20.7 Å². The number of carbonyl (C=O) groups is 2. The lowest BCUT2D eigenvalue weighted by Gasteiger charge is -2.08. The summed E-state index contributed by atoms with van der Waals surface area (Å²) in [4.78, 5) is 23.7. The molecule has 2 aromatic carbocycles. The van der Waals surface area contributed by atoms with Gasteiger partial charge < -0.3 is 16.4 Å². The van der Waals surface area contributed by atoms with Gasteiger partial charge in [0, 0.05) is 24.0 Å². The SMILES string of the molecule is CNC(=O)c1cccc(NC(=O)c2ccc(N)cc2Cl)c1. The van der Waals surface area contributed by atoms with Crippen LogP contribution < -0.4 is 16.4 Å². The van der Waals surface area contributed by atoms with Crippen molar-refractivity contribution in [2.24, 2.45) is 0 Å². The lowest BCUT2D eigenvalue weighted by Crippen LogP contribution is -2.18. The molecule has 0 saturated carbocycles. The summed E-state index contributed by atoms with van der Waals surface area (Å²) in [5.41, 5.74) is 7.35. The van der Waals surface area contributed by atoms with E-state index in [4.69, 9.17) is 17.3 Å². The molecule has 108 valence electrons. The highest BCUT2D eigenvalue weighted by molar-refractivity contribution is 6.34. The largest absolute Gasteiger partial charge is 0.399 e. The molecule has 0 aliphatic heterocycles. The fourth-order valence-electron chi connectivity index (χ4n) is 1.80. The van der Waals surface area contributed by atoms with Gasteiger partial charge in [0.05, 0.1) is 10.6 Å². The van der Waals surface area contributed by atoms with E-state index in [1.807, 2.05) is 0 Å². The van der Waals surface area contributed by atoms with Crippen LogP contribution >= 0.6 is 11.6 Å². The second kappa shape index (κ2) is 6.28. The van der Waals surface area contributed by atoms with Crippen molar-refractivity contribution < 1.29 is 9.59 Å². The van der Waals surface area contributed by atoms with Crippen molar-refractivity contribution in [3.05, 3.63) is 58.6 Å². The Morgan fingerprint density at radius 1 is 1.10 bits per heavy atom. The van der Waals surface area contributed by atoms with E-state index in [1.165, 1.54) is 6.07 Å². The average molecular weight is 304 g/mol. The van der Waals surface area contributed by atoms with E-state index in [9.17, 15) is 9.59 Å². The minimum absolute atomic E-state index is 0.225. The monoisotopic (exact) mass is 303 g/mol. The molecule has 4 N–H and O–H groups in total. The number of anilines is 2. The summed E-state index contributed by atoms with van der Waals surface area (Å²) in [6.07, 6.45) is 0. The van der Waals surface area contributed by atoms with Gasteiger partial charge in [-0.3, -0.25) is 9.59 Å². The highest BCUT2D eigenvalue weighted by atomic mass is 35.5. The number of hydrogen-bond acceptors (Lipinski definition) is 3. The maximum absolute atomic E-state index is 12.2. The van der Waals surface area contributed by atoms with Crippen molar-refractivity contribution in [1.29, 1.82) is 0 Å². The third-order valence-electron chi connectivity index (χ3n) is 2.85. The van der Waals surface area contributed by atoms with E-state index in [0.29, 0.717) is 22.5 Å². The molecule has 6 heteroatoms. The molecule has 0 aliphatic carbocycles. The number of amides is 2. The summed E-state index contributed by atoms with van der Waals surface area (Å²) in [5, 5.41) is 5.49. The Morgan fingerprint density at radius 2 is 1.86 bits per heavy atom. The van der Waals surface area contributed by atoms with E-state index >= 15 is 0 Å². The molecule has 0 aromatic heterocycles. The lowest BCUT2D eigenvalue weighted by molar-refractivity contribution is 0.0961. The number of hydrogen-bond donors (Lipinski definition) is 3. The number of halogens is 1. The number of carbonyl (C=O) groups excluding carboxylic acids is 2. The zero-order valence-corrected chi connectivity index (χ0v) is 12.1. The second-order valence-corrected chi connectivity index (χ2v) is 4.76. The number of nitrogens with two attached hydrogens (primary N) is 1. The minimum atomic E-state index is -0.367. The quantitative estimate of drug-likeness (QED) is 0.762. The molecule has 0 radical (unpaired) electrons. The zero-order chi connectivity index (χ0) is 15.4. The Morgan fingerprint density at radius 3 is 2.52 bits per heavy atom. The van der Waals surface area contributed by atoms with Gasteiger partial charge in [0.1, 0.15) is 0 Å². The Labute approximate surface area is 127 Å². The van der Waals surface area contributed by atoms with Crippen LogP contribution in [0.4, 0.5) is 11.4 Å². The van der Waals surface area contributed by atoms with Gasteiger partial charge in [-0.05, 0) is 36.4 Å². The molecule has 0 saturated heterocycles. The van der Waals surface area contributed by atoms with Crippen LogP contribution in [0, 0.1) is 0 Å². The standard InChI is InChI=1S/C15H14ClN3O2/c1-18-14(20)9-3-2-4-11(7-9)19-15(21)12-6-5-10(17)8-13(12)16/h2-8H,17H2,1H3,(H,18,20)(H,19,21). The first-order valence-corrected chi connectivity index (χ1v) is 6.57. The van der Waals surface area contributed by atoms with Gasteiger partial charge in [-0.15, -0.1) is 0 Å². The maximum atomic E-state index is 12.2. The fourth-order valence-corrected chi connectivity index (χ4v) is 2.07. The van der Waals surface area contributed by atoms with Gasteiger partial charge in [-0.25, -0.2) is 0 Å². The number of rotatable bonds is 3. The summed E-state index contributed by atoms with van der Waals surface area (Å²) in [6.45, 7) is 0. The van der Waals surface area contributed by atoms with Gasteiger partial charge in [-0.2, -0.15) is 0 Å². The van der Waals surface area contributed by atoms with Crippen molar-refractivity contribution >= 4 is 34.8 Å². The third-order valence-corrected chi connectivity index (χ3v) is 3.16. The molecule has 0 bridgehead atoms. The van der Waals surface area contributed by atoms with Crippen molar-refractivity contribution in [3.8, 4) is 0 Å². The smallest absolute Gasteiger partial charge is 0.257 e. The molecule has 5 nitrogen and oxygen atoms in total. The van der Waals surface area contributed by atoms with Crippen LogP contribution in [0.3, 0.4) is 0 Å². The normalized spacial score (nSPS) is 10.0. The van der Waals surface area contributed by atoms with E-state index in [1.54, 1.807) is 43.4 Å². The Hall–Kier alpha value is -2.53. The van der Waals surface area contributed by atoms with E-state index < -0.39 is 0 Å². The molecular formula is C15H14ClN3O2. The number of nitrogen functional groups attached to an aromatic ring is 1. The molecule has 2 aromatic rings. The van der Waals surface area contributed by atoms with Crippen LogP contribution in [-0.4, -0.2) is 18.9 Å². The Balaban J connectivity index is 2.21. The fraction of sp³-hybridized carbons (Fsp3) is 0.0667. The molecular weight excluding hydrogens is 290 g/mol. The first kappa shape index (κ1) is 14.9. The summed E-state index contributed by atoms with van der Waals surface area (Å²) in [6, 6.07) is 11.3. The molecule has 0 fully saturated rings. The molecule has 2 rings (SSSR count). The van der Waals surface area contributed by atoms with Crippen molar-refractivity contribution in [3.63, 3.8) is 0 Å². The molecule has 0 unspecified atom stereocenters. The molecule has 0 aliphatic rings. The average Bonchev–Trinajstić information content (AvgIpc) is 2.46. The summed E-state index contributed by atoms with van der Waals surface area (Å²) >= 11 is 5.99. The van der Waals surface area contributed by atoms with Crippen molar-refractivity contribution in [1.82, 2.24) is 5.32 Å². The van der Waals surface area contributed by atoms with Crippen LogP contribution in [0.15, 0.2) is 42.5 Å². The van der Waals surface area contributed by atoms with Crippen LogP contribution in [0.25, 0.3) is 0 Å². The number of nitrogens with one attached hydrogen (secondary N) is 2. The van der Waals surface area contributed by atoms with E-state index in [-0.39, 0.29) is 16.8 Å². The topological polar surface area (TPSA) is 84.2 Å². The molecule has 21 heavy (non-hydrogen) atoms. The Bertz CT molecular complexity index is 701. The molecule has 0 spiro atoms. The minimum Gasteiger partial charge on any atom is -0.399 e. The van der Waals surface area contributed by atoms with Crippen LogP contribution in [-0.2, 0) is 0 Å². The summed E-state index contributed by atoms with van der Waals surface area (Å²) in [7, 11) is 1.54. The molecule has 2 amide bonds. The first-order chi connectivity index (χ1) is 10.0.